The molecule has 1 atom stereocenters. The number of carbonyl (C=O) groups excluding carboxylic acids is 1. The van der Waals surface area contributed by atoms with Crippen molar-refractivity contribution < 1.29 is 13.2 Å². The van der Waals surface area contributed by atoms with Crippen LogP contribution in [-0.2, 0) is 21.1 Å². The van der Waals surface area contributed by atoms with Gasteiger partial charge in [0.25, 0.3) is 0 Å². The van der Waals surface area contributed by atoms with Crippen LogP contribution in [0.3, 0.4) is 0 Å². The lowest BCUT2D eigenvalue weighted by atomic mass is 10.0. The second-order valence-corrected chi connectivity index (χ2v) is 8.11. The van der Waals surface area contributed by atoms with Crippen molar-refractivity contribution in [2.75, 3.05) is 6.26 Å². The van der Waals surface area contributed by atoms with Gasteiger partial charge in [-0.1, -0.05) is 54.6 Å². The summed E-state index contributed by atoms with van der Waals surface area (Å²) in [5, 5.41) is -0.869. The van der Waals surface area contributed by atoms with Crippen LogP contribution in [-0.4, -0.2) is 25.7 Å². The second-order valence-electron chi connectivity index (χ2n) is 5.88. The number of hydrogen-bond acceptors (Lipinski definition) is 3. The van der Waals surface area contributed by atoms with Crippen molar-refractivity contribution in [2.24, 2.45) is 0 Å². The van der Waals surface area contributed by atoms with Crippen molar-refractivity contribution in [1.29, 1.82) is 0 Å². The summed E-state index contributed by atoms with van der Waals surface area (Å²) >= 11 is 0. The Morgan fingerprint density at radius 1 is 0.957 bits per heavy atom. The third kappa shape index (κ3) is 5.03. The summed E-state index contributed by atoms with van der Waals surface area (Å²) in [4.78, 5) is 11.5. The molecule has 0 bridgehead atoms. The highest BCUT2D eigenvalue weighted by molar-refractivity contribution is 7.92. The first kappa shape index (κ1) is 17.4. The van der Waals surface area contributed by atoms with E-state index in [0.29, 0.717) is 12.8 Å². The molecule has 0 fully saturated rings. The molecule has 4 heteroatoms. The number of Topliss-reactive ketones (excluding diaryl/α,β-unsaturated/α-hetero) is 1. The van der Waals surface area contributed by atoms with Crippen LogP contribution in [0.2, 0.25) is 0 Å². The standard InChI is InChI=1S/C19H22O3S/c1-15(20)19(23(2,21)22)10-6-7-16-11-13-18(14-12-16)17-8-4-3-5-9-17/h3-5,8-9,11-14,19H,6-7,10H2,1-2H3. The van der Waals surface area contributed by atoms with Crippen molar-refractivity contribution in [3.8, 4) is 11.1 Å². The topological polar surface area (TPSA) is 51.2 Å². The van der Waals surface area contributed by atoms with E-state index in [9.17, 15) is 13.2 Å². The summed E-state index contributed by atoms with van der Waals surface area (Å²) in [7, 11) is -3.31. The number of ketones is 1. The van der Waals surface area contributed by atoms with Crippen LogP contribution >= 0.6 is 0 Å². The fourth-order valence-corrected chi connectivity index (χ4v) is 3.90. The quantitative estimate of drug-likeness (QED) is 0.778. The fraction of sp³-hybridized carbons (Fsp3) is 0.316. The maximum atomic E-state index is 11.6. The van der Waals surface area contributed by atoms with Crippen molar-refractivity contribution in [1.82, 2.24) is 0 Å². The smallest absolute Gasteiger partial charge is 0.157 e. The van der Waals surface area contributed by atoms with E-state index in [4.69, 9.17) is 0 Å². The summed E-state index contributed by atoms with van der Waals surface area (Å²) in [5.41, 5.74) is 3.49. The molecule has 0 saturated carbocycles. The Morgan fingerprint density at radius 2 is 1.52 bits per heavy atom. The summed E-state index contributed by atoms with van der Waals surface area (Å²) < 4.78 is 23.2. The molecular weight excluding hydrogens is 308 g/mol. The van der Waals surface area contributed by atoms with Crippen LogP contribution in [0.4, 0.5) is 0 Å². The van der Waals surface area contributed by atoms with E-state index in [1.165, 1.54) is 12.5 Å². The number of benzene rings is 2. The predicted octanol–water partition coefficient (Wildman–Crippen LogP) is 3.68. The van der Waals surface area contributed by atoms with Crippen molar-refractivity contribution in [2.45, 2.75) is 31.4 Å². The Kier molecular flexibility index (Phi) is 5.72. The summed E-state index contributed by atoms with van der Waals surface area (Å²) in [6, 6.07) is 18.4. The highest BCUT2D eigenvalue weighted by atomic mass is 32.2. The molecule has 0 aromatic heterocycles. The van der Waals surface area contributed by atoms with E-state index in [-0.39, 0.29) is 5.78 Å². The van der Waals surface area contributed by atoms with E-state index in [0.717, 1.165) is 23.8 Å². The van der Waals surface area contributed by atoms with Crippen LogP contribution in [0.25, 0.3) is 11.1 Å². The van der Waals surface area contributed by atoms with Gasteiger partial charge in [0.1, 0.15) is 11.0 Å². The minimum Gasteiger partial charge on any atom is -0.299 e. The van der Waals surface area contributed by atoms with Gasteiger partial charge in [-0.05, 0) is 42.9 Å². The van der Waals surface area contributed by atoms with Crippen LogP contribution in [0.5, 0.6) is 0 Å². The summed E-state index contributed by atoms with van der Waals surface area (Å²) in [6.07, 6.45) is 2.97. The van der Waals surface area contributed by atoms with E-state index in [1.54, 1.807) is 0 Å². The average Bonchev–Trinajstić information content (AvgIpc) is 2.51. The lowest BCUT2D eigenvalue weighted by molar-refractivity contribution is -0.116. The lowest BCUT2D eigenvalue weighted by Gasteiger charge is -2.11. The first-order chi connectivity index (χ1) is 10.9. The molecule has 0 saturated heterocycles. The molecule has 2 rings (SSSR count). The Balaban J connectivity index is 1.96. The molecule has 0 aliphatic rings. The molecule has 0 heterocycles. The molecule has 122 valence electrons. The highest BCUT2D eigenvalue weighted by Gasteiger charge is 2.24. The van der Waals surface area contributed by atoms with E-state index >= 15 is 0 Å². The molecule has 23 heavy (non-hydrogen) atoms. The van der Waals surface area contributed by atoms with E-state index in [1.807, 2.05) is 18.2 Å². The van der Waals surface area contributed by atoms with Gasteiger partial charge in [0.05, 0.1) is 0 Å². The maximum absolute atomic E-state index is 11.6. The fourth-order valence-electron chi connectivity index (χ4n) is 2.70. The Hall–Kier alpha value is -1.94. The zero-order chi connectivity index (χ0) is 16.9. The van der Waals surface area contributed by atoms with E-state index in [2.05, 4.69) is 36.4 Å². The van der Waals surface area contributed by atoms with Crippen LogP contribution in [0, 0.1) is 0 Å². The van der Waals surface area contributed by atoms with Crippen LogP contribution < -0.4 is 0 Å². The lowest BCUT2D eigenvalue weighted by Crippen LogP contribution is -2.27. The Labute approximate surface area is 138 Å². The summed E-state index contributed by atoms with van der Waals surface area (Å²) in [5.74, 6) is -0.271. The molecule has 3 nitrogen and oxygen atoms in total. The zero-order valence-corrected chi connectivity index (χ0v) is 14.3. The molecule has 1 unspecified atom stereocenters. The maximum Gasteiger partial charge on any atom is 0.157 e. The van der Waals surface area contributed by atoms with Crippen molar-refractivity contribution in [3.63, 3.8) is 0 Å². The Morgan fingerprint density at radius 3 is 2.04 bits per heavy atom. The molecule has 0 spiro atoms. The van der Waals surface area contributed by atoms with Crippen molar-refractivity contribution in [3.05, 3.63) is 60.2 Å². The van der Waals surface area contributed by atoms with Gasteiger partial charge in [-0.15, -0.1) is 0 Å². The van der Waals surface area contributed by atoms with Gasteiger partial charge < -0.3 is 0 Å². The van der Waals surface area contributed by atoms with E-state index < -0.39 is 15.1 Å². The number of sulfone groups is 1. The first-order valence-corrected chi connectivity index (χ1v) is 9.67. The molecule has 0 aliphatic heterocycles. The van der Waals surface area contributed by atoms with Crippen LogP contribution in [0.15, 0.2) is 54.6 Å². The summed E-state index contributed by atoms with van der Waals surface area (Å²) in [6.45, 7) is 1.35. The zero-order valence-electron chi connectivity index (χ0n) is 13.5. The molecule has 2 aromatic carbocycles. The number of hydrogen-bond donors (Lipinski definition) is 0. The monoisotopic (exact) mass is 330 g/mol. The average molecular weight is 330 g/mol. The van der Waals surface area contributed by atoms with Gasteiger partial charge in [-0.25, -0.2) is 8.42 Å². The van der Waals surface area contributed by atoms with Gasteiger partial charge >= 0.3 is 0 Å². The molecule has 0 radical (unpaired) electrons. The molecule has 0 amide bonds. The molecule has 0 aliphatic carbocycles. The largest absolute Gasteiger partial charge is 0.299 e. The van der Waals surface area contributed by atoms with Crippen LogP contribution in [0.1, 0.15) is 25.3 Å². The van der Waals surface area contributed by atoms with Crippen molar-refractivity contribution >= 4 is 15.6 Å². The van der Waals surface area contributed by atoms with Gasteiger partial charge in [0, 0.05) is 6.26 Å². The number of carbonyl (C=O) groups is 1. The third-order valence-electron chi connectivity index (χ3n) is 3.96. The van der Waals surface area contributed by atoms with Gasteiger partial charge in [-0.2, -0.15) is 0 Å². The molecule has 2 aromatic rings. The minimum absolute atomic E-state index is 0.271. The minimum atomic E-state index is -3.31. The Bertz CT molecular complexity index is 747. The normalized spacial score (nSPS) is 12.8. The number of rotatable bonds is 7. The SMILES string of the molecule is CC(=O)C(CCCc1ccc(-c2ccccc2)cc1)S(C)(=O)=O. The van der Waals surface area contributed by atoms with Gasteiger partial charge in [-0.3, -0.25) is 4.79 Å². The molecule has 0 N–H and O–H groups in total. The highest BCUT2D eigenvalue weighted by Crippen LogP contribution is 2.20. The molecular formula is C19H22O3S. The predicted molar refractivity (Wildman–Crippen MR) is 94.1 cm³/mol. The van der Waals surface area contributed by atoms with Gasteiger partial charge in [0.2, 0.25) is 0 Å². The second kappa shape index (κ2) is 7.55. The number of aryl methyl sites for hydroxylation is 1. The first-order valence-electron chi connectivity index (χ1n) is 7.71. The third-order valence-corrected chi connectivity index (χ3v) is 5.56. The van der Waals surface area contributed by atoms with Gasteiger partial charge in [0.15, 0.2) is 9.84 Å².